The van der Waals surface area contributed by atoms with Crippen LogP contribution >= 0.6 is 0 Å². The van der Waals surface area contributed by atoms with Crippen LogP contribution in [-0.4, -0.2) is 60.8 Å². The normalized spacial score (nSPS) is 20.6. The first-order valence-corrected chi connectivity index (χ1v) is 11.9. The van der Waals surface area contributed by atoms with Crippen molar-refractivity contribution in [3.63, 3.8) is 0 Å². The van der Waals surface area contributed by atoms with Crippen molar-refractivity contribution in [3.8, 4) is 0 Å². The predicted octanol–water partition coefficient (Wildman–Crippen LogP) is 2.60. The van der Waals surface area contributed by atoms with Gasteiger partial charge in [-0.25, -0.2) is 13.4 Å². The smallest absolute Gasteiger partial charge is 0.193 e. The highest BCUT2D eigenvalue weighted by Crippen LogP contribution is 2.27. The fourth-order valence-electron chi connectivity index (χ4n) is 3.71. The monoisotopic (exact) mass is 417 g/mol. The Morgan fingerprint density at radius 1 is 1.31 bits per heavy atom. The zero-order valence-electron chi connectivity index (χ0n) is 17.2. The summed E-state index contributed by atoms with van der Waals surface area (Å²) >= 11 is 0. The fourth-order valence-corrected chi connectivity index (χ4v) is 5.02. The van der Waals surface area contributed by atoms with Crippen molar-refractivity contribution >= 4 is 15.8 Å². The third-order valence-corrected chi connectivity index (χ3v) is 7.21. The second kappa shape index (κ2) is 9.91. The molecule has 1 aromatic heterocycles. The number of aliphatic imine (C=N–C) groups is 1. The number of hydrogen-bond donors (Lipinski definition) is 1. The number of imidazole rings is 1. The van der Waals surface area contributed by atoms with Crippen molar-refractivity contribution in [2.24, 2.45) is 10.9 Å². The van der Waals surface area contributed by atoms with Gasteiger partial charge in [-0.1, -0.05) is 25.1 Å². The largest absolute Gasteiger partial charge is 0.357 e. The van der Waals surface area contributed by atoms with Crippen LogP contribution in [0, 0.1) is 5.92 Å². The van der Waals surface area contributed by atoms with Gasteiger partial charge in [0.1, 0.15) is 0 Å². The lowest BCUT2D eigenvalue weighted by Crippen LogP contribution is -2.49. The Morgan fingerprint density at radius 3 is 2.79 bits per heavy atom. The van der Waals surface area contributed by atoms with E-state index in [9.17, 15) is 8.42 Å². The molecule has 2 aromatic rings. The summed E-state index contributed by atoms with van der Waals surface area (Å²) in [5.74, 6) is 1.54. The van der Waals surface area contributed by atoms with Crippen molar-refractivity contribution in [3.05, 3.63) is 49.1 Å². The topological polar surface area (TPSA) is 79.6 Å². The summed E-state index contributed by atoms with van der Waals surface area (Å²) in [5, 5.41) is 3.36. The highest BCUT2D eigenvalue weighted by atomic mass is 32.2. The molecule has 2 heterocycles. The highest BCUT2D eigenvalue weighted by Gasteiger charge is 2.28. The molecular formula is C21H31N5O2S. The van der Waals surface area contributed by atoms with Crippen molar-refractivity contribution in [1.82, 2.24) is 19.8 Å². The summed E-state index contributed by atoms with van der Waals surface area (Å²) in [6.45, 7) is 7.40. The quantitative estimate of drug-likeness (QED) is 0.426. The molecule has 0 radical (unpaired) electrons. The molecule has 1 aliphatic heterocycles. The number of nitrogens with zero attached hydrogens (tertiary/aromatic N) is 4. The Balaban J connectivity index is 1.61. The Bertz CT molecular complexity index is 881. The molecule has 7 nitrogen and oxygen atoms in total. The molecule has 1 aromatic carbocycles. The predicted molar refractivity (Wildman–Crippen MR) is 116 cm³/mol. The first-order chi connectivity index (χ1) is 14.0. The van der Waals surface area contributed by atoms with E-state index in [-0.39, 0.29) is 5.75 Å². The molecular weight excluding hydrogens is 386 g/mol. The molecule has 1 saturated heterocycles. The standard InChI is InChI=1S/C21H31N5O2S/c1-3-23-21(24-11-7-15-29(27,28)19-8-5-4-6-9-19)25-13-10-18(2)20(16-25)26-14-12-22-17-26/h4-6,8-9,12,14,17-18,20H,3,7,10-11,13,15-16H2,1-2H3,(H,23,24). The maximum atomic E-state index is 12.4. The van der Waals surface area contributed by atoms with Gasteiger partial charge in [-0.05, 0) is 37.8 Å². The van der Waals surface area contributed by atoms with Crippen LogP contribution in [0.5, 0.6) is 0 Å². The molecule has 2 unspecified atom stereocenters. The lowest BCUT2D eigenvalue weighted by Gasteiger charge is -2.39. The second-order valence-corrected chi connectivity index (χ2v) is 9.62. The van der Waals surface area contributed by atoms with Crippen molar-refractivity contribution in [2.45, 2.75) is 37.6 Å². The molecule has 0 aliphatic carbocycles. The van der Waals surface area contributed by atoms with E-state index < -0.39 is 9.84 Å². The maximum absolute atomic E-state index is 12.4. The molecule has 0 saturated carbocycles. The van der Waals surface area contributed by atoms with Crippen LogP contribution in [0.25, 0.3) is 0 Å². The third-order valence-electron chi connectivity index (χ3n) is 5.40. The third kappa shape index (κ3) is 5.59. The number of sulfone groups is 1. The number of piperidine rings is 1. The molecule has 2 atom stereocenters. The van der Waals surface area contributed by atoms with E-state index in [2.05, 4.69) is 33.6 Å². The number of benzene rings is 1. The van der Waals surface area contributed by atoms with Crippen LogP contribution in [0.1, 0.15) is 32.7 Å². The van der Waals surface area contributed by atoms with E-state index >= 15 is 0 Å². The van der Waals surface area contributed by atoms with Crippen LogP contribution in [0.3, 0.4) is 0 Å². The van der Waals surface area contributed by atoms with E-state index in [1.807, 2.05) is 24.8 Å². The van der Waals surface area contributed by atoms with Gasteiger partial charge in [0.15, 0.2) is 15.8 Å². The van der Waals surface area contributed by atoms with Crippen LogP contribution in [0.2, 0.25) is 0 Å². The fraction of sp³-hybridized carbons (Fsp3) is 0.524. The molecule has 0 spiro atoms. The number of hydrogen-bond acceptors (Lipinski definition) is 4. The highest BCUT2D eigenvalue weighted by molar-refractivity contribution is 7.91. The maximum Gasteiger partial charge on any atom is 0.193 e. The minimum absolute atomic E-state index is 0.106. The molecule has 158 valence electrons. The van der Waals surface area contributed by atoms with Gasteiger partial charge in [0.25, 0.3) is 0 Å². The van der Waals surface area contributed by atoms with Crippen LogP contribution in [0.4, 0.5) is 0 Å². The molecule has 8 heteroatoms. The average Bonchev–Trinajstić information content (AvgIpc) is 3.26. The molecule has 3 rings (SSSR count). The van der Waals surface area contributed by atoms with Gasteiger partial charge in [-0.3, -0.25) is 4.99 Å². The van der Waals surface area contributed by atoms with E-state index in [1.165, 1.54) is 0 Å². The Kier molecular flexibility index (Phi) is 7.30. The summed E-state index contributed by atoms with van der Waals surface area (Å²) < 4.78 is 27.0. The molecule has 29 heavy (non-hydrogen) atoms. The lowest BCUT2D eigenvalue weighted by molar-refractivity contribution is 0.189. The molecule has 1 N–H and O–H groups in total. The van der Waals surface area contributed by atoms with Gasteiger partial charge in [-0.2, -0.15) is 0 Å². The van der Waals surface area contributed by atoms with Gasteiger partial charge >= 0.3 is 0 Å². The van der Waals surface area contributed by atoms with Gasteiger partial charge in [0, 0.05) is 38.6 Å². The number of rotatable bonds is 7. The molecule has 1 fully saturated rings. The first-order valence-electron chi connectivity index (χ1n) is 10.3. The average molecular weight is 418 g/mol. The molecule has 0 amide bonds. The van der Waals surface area contributed by atoms with Gasteiger partial charge in [-0.15, -0.1) is 0 Å². The lowest BCUT2D eigenvalue weighted by atomic mass is 9.93. The van der Waals surface area contributed by atoms with E-state index in [1.54, 1.807) is 24.3 Å². The number of likely N-dealkylation sites (tertiary alicyclic amines) is 1. The van der Waals surface area contributed by atoms with Crippen LogP contribution in [0.15, 0.2) is 58.9 Å². The minimum Gasteiger partial charge on any atom is -0.357 e. The first kappa shape index (κ1) is 21.4. The number of guanidine groups is 1. The molecule has 1 aliphatic rings. The van der Waals surface area contributed by atoms with Crippen molar-refractivity contribution in [1.29, 1.82) is 0 Å². The Hall–Kier alpha value is -2.35. The van der Waals surface area contributed by atoms with Gasteiger partial charge in [0.2, 0.25) is 0 Å². The van der Waals surface area contributed by atoms with E-state index in [0.717, 1.165) is 32.0 Å². The van der Waals surface area contributed by atoms with E-state index in [4.69, 9.17) is 4.99 Å². The van der Waals surface area contributed by atoms with E-state index in [0.29, 0.717) is 29.8 Å². The van der Waals surface area contributed by atoms with Crippen molar-refractivity contribution < 1.29 is 8.42 Å². The van der Waals surface area contributed by atoms with Gasteiger partial charge < -0.3 is 14.8 Å². The summed E-state index contributed by atoms with van der Waals surface area (Å²) in [6.07, 6.45) is 7.29. The summed E-state index contributed by atoms with van der Waals surface area (Å²) in [5.41, 5.74) is 0. The molecule has 0 bridgehead atoms. The number of nitrogens with one attached hydrogen (secondary N) is 1. The zero-order valence-corrected chi connectivity index (χ0v) is 18.1. The second-order valence-electron chi connectivity index (χ2n) is 7.51. The van der Waals surface area contributed by atoms with Crippen LogP contribution in [-0.2, 0) is 9.84 Å². The Morgan fingerprint density at radius 2 is 2.10 bits per heavy atom. The Labute approximate surface area is 173 Å². The SMILES string of the molecule is CCNC(=NCCCS(=O)(=O)c1ccccc1)N1CCC(C)C(n2ccnc2)C1. The minimum atomic E-state index is -3.25. The van der Waals surface area contributed by atoms with Crippen LogP contribution < -0.4 is 5.32 Å². The summed E-state index contributed by atoms with van der Waals surface area (Å²) in [6, 6.07) is 8.98. The number of aromatic nitrogens is 2. The van der Waals surface area contributed by atoms with Gasteiger partial charge in [0.05, 0.1) is 23.0 Å². The van der Waals surface area contributed by atoms with Crippen molar-refractivity contribution in [2.75, 3.05) is 31.9 Å². The summed E-state index contributed by atoms with van der Waals surface area (Å²) in [7, 11) is -3.25. The zero-order chi connectivity index (χ0) is 20.7. The summed E-state index contributed by atoms with van der Waals surface area (Å²) in [4.78, 5) is 11.6.